The van der Waals surface area contributed by atoms with Crippen molar-refractivity contribution in [2.75, 3.05) is 10.6 Å². The number of nitrogens with one attached hydrogen (secondary N) is 2. The van der Waals surface area contributed by atoms with Crippen molar-refractivity contribution in [3.05, 3.63) is 72.9 Å². The van der Waals surface area contributed by atoms with Gasteiger partial charge in [-0.25, -0.2) is 4.98 Å². The summed E-state index contributed by atoms with van der Waals surface area (Å²) >= 11 is 0. The van der Waals surface area contributed by atoms with Crippen LogP contribution in [-0.4, -0.2) is 10.9 Å². The highest BCUT2D eigenvalue weighted by Gasteiger charge is 2.02. The molecule has 5 heteroatoms. The van der Waals surface area contributed by atoms with Gasteiger partial charge in [0.1, 0.15) is 17.3 Å². The number of carbonyl (C=O) groups is 1. The molecule has 0 spiro atoms. The Balaban J connectivity index is 1.58. The standard InChI is InChI=1S/C21H21N3O2/c1-2-6-21(25)24-17-11-14-20(22-15-17)23-16-9-12-19(13-10-16)26-18-7-4-3-5-8-18/h3-5,7-15H,2,6H2,1H3,(H,22,23)(H,24,25). The number of rotatable bonds is 7. The number of aromatic nitrogens is 1. The molecule has 1 aromatic heterocycles. The fraction of sp³-hybridized carbons (Fsp3) is 0.143. The third-order valence-electron chi connectivity index (χ3n) is 3.63. The summed E-state index contributed by atoms with van der Waals surface area (Å²) in [4.78, 5) is 15.9. The lowest BCUT2D eigenvalue weighted by Gasteiger charge is -2.09. The Morgan fingerprint density at radius 2 is 1.62 bits per heavy atom. The van der Waals surface area contributed by atoms with Gasteiger partial charge in [0.2, 0.25) is 5.91 Å². The number of amides is 1. The predicted molar refractivity (Wildman–Crippen MR) is 104 cm³/mol. The summed E-state index contributed by atoms with van der Waals surface area (Å²) in [5.41, 5.74) is 1.60. The normalized spacial score (nSPS) is 10.2. The van der Waals surface area contributed by atoms with Gasteiger partial charge < -0.3 is 15.4 Å². The molecule has 0 bridgehead atoms. The van der Waals surface area contributed by atoms with Crippen LogP contribution in [0.15, 0.2) is 72.9 Å². The third-order valence-corrected chi connectivity index (χ3v) is 3.63. The van der Waals surface area contributed by atoms with Crippen molar-refractivity contribution in [3.63, 3.8) is 0 Å². The van der Waals surface area contributed by atoms with Crippen molar-refractivity contribution in [1.29, 1.82) is 0 Å². The van der Waals surface area contributed by atoms with Crippen LogP contribution in [0.3, 0.4) is 0 Å². The van der Waals surface area contributed by atoms with Crippen molar-refractivity contribution in [2.45, 2.75) is 19.8 Å². The Bertz CT molecular complexity index is 831. The quantitative estimate of drug-likeness (QED) is 0.604. The molecule has 3 aromatic rings. The predicted octanol–water partition coefficient (Wildman–Crippen LogP) is 5.36. The molecule has 0 radical (unpaired) electrons. The lowest BCUT2D eigenvalue weighted by Crippen LogP contribution is -2.10. The van der Waals surface area contributed by atoms with Gasteiger partial charge in [-0.1, -0.05) is 25.1 Å². The van der Waals surface area contributed by atoms with E-state index in [9.17, 15) is 4.79 Å². The summed E-state index contributed by atoms with van der Waals surface area (Å²) in [5, 5.41) is 6.04. The molecule has 2 aromatic carbocycles. The molecular weight excluding hydrogens is 326 g/mol. The van der Waals surface area contributed by atoms with Crippen LogP contribution in [-0.2, 0) is 4.79 Å². The van der Waals surface area contributed by atoms with Crippen molar-refractivity contribution < 1.29 is 9.53 Å². The van der Waals surface area contributed by atoms with E-state index in [0.717, 1.165) is 23.6 Å². The van der Waals surface area contributed by atoms with Gasteiger partial charge in [0, 0.05) is 12.1 Å². The van der Waals surface area contributed by atoms with Crippen LogP contribution in [0.25, 0.3) is 0 Å². The molecule has 26 heavy (non-hydrogen) atoms. The highest BCUT2D eigenvalue weighted by Crippen LogP contribution is 2.24. The molecule has 5 nitrogen and oxygen atoms in total. The fourth-order valence-corrected chi connectivity index (χ4v) is 2.37. The number of pyridine rings is 1. The minimum atomic E-state index is 0.00372. The Labute approximate surface area is 153 Å². The highest BCUT2D eigenvalue weighted by molar-refractivity contribution is 5.90. The Morgan fingerprint density at radius 1 is 0.923 bits per heavy atom. The zero-order chi connectivity index (χ0) is 18.2. The molecule has 0 atom stereocenters. The molecule has 0 aliphatic carbocycles. The summed E-state index contributed by atoms with van der Waals surface area (Å²) in [6.45, 7) is 1.97. The van der Waals surface area contributed by atoms with Crippen LogP contribution in [0.2, 0.25) is 0 Å². The Kier molecular flexibility index (Phi) is 5.83. The van der Waals surface area contributed by atoms with E-state index in [1.54, 1.807) is 6.20 Å². The monoisotopic (exact) mass is 347 g/mol. The molecule has 2 N–H and O–H groups in total. The lowest BCUT2D eigenvalue weighted by molar-refractivity contribution is -0.116. The maximum absolute atomic E-state index is 11.6. The second kappa shape index (κ2) is 8.67. The van der Waals surface area contributed by atoms with Gasteiger partial charge >= 0.3 is 0 Å². The van der Waals surface area contributed by atoms with Gasteiger partial charge in [0.05, 0.1) is 11.9 Å². The first-order chi connectivity index (χ1) is 12.7. The zero-order valence-corrected chi connectivity index (χ0v) is 14.6. The molecule has 1 amide bonds. The largest absolute Gasteiger partial charge is 0.457 e. The molecule has 3 rings (SSSR count). The topological polar surface area (TPSA) is 63.2 Å². The van der Waals surface area contributed by atoms with Crippen LogP contribution in [0.4, 0.5) is 17.2 Å². The Morgan fingerprint density at radius 3 is 2.27 bits per heavy atom. The summed E-state index contributed by atoms with van der Waals surface area (Å²) in [5.74, 6) is 2.28. The number of ether oxygens (including phenoxy) is 1. The molecule has 0 aliphatic rings. The molecule has 132 valence electrons. The van der Waals surface area contributed by atoms with E-state index in [2.05, 4.69) is 15.6 Å². The number of para-hydroxylation sites is 1. The van der Waals surface area contributed by atoms with E-state index >= 15 is 0 Å². The van der Waals surface area contributed by atoms with E-state index in [1.165, 1.54) is 0 Å². The number of benzene rings is 2. The van der Waals surface area contributed by atoms with Crippen LogP contribution in [0.5, 0.6) is 11.5 Å². The first-order valence-electron chi connectivity index (χ1n) is 8.59. The number of anilines is 3. The highest BCUT2D eigenvalue weighted by atomic mass is 16.5. The van der Waals surface area contributed by atoms with E-state index < -0.39 is 0 Å². The summed E-state index contributed by atoms with van der Waals surface area (Å²) < 4.78 is 5.77. The van der Waals surface area contributed by atoms with Gasteiger partial charge in [-0.05, 0) is 55.0 Å². The SMILES string of the molecule is CCCC(=O)Nc1ccc(Nc2ccc(Oc3ccccc3)cc2)nc1. The van der Waals surface area contributed by atoms with E-state index in [0.29, 0.717) is 17.9 Å². The number of hydrogen-bond acceptors (Lipinski definition) is 4. The van der Waals surface area contributed by atoms with Gasteiger partial charge in [-0.15, -0.1) is 0 Å². The molecule has 0 unspecified atom stereocenters. The van der Waals surface area contributed by atoms with E-state index in [4.69, 9.17) is 4.74 Å². The van der Waals surface area contributed by atoms with Crippen molar-refractivity contribution in [1.82, 2.24) is 4.98 Å². The number of hydrogen-bond donors (Lipinski definition) is 2. The maximum Gasteiger partial charge on any atom is 0.224 e. The van der Waals surface area contributed by atoms with E-state index in [-0.39, 0.29) is 5.91 Å². The summed E-state index contributed by atoms with van der Waals surface area (Å²) in [6, 6.07) is 21.0. The van der Waals surface area contributed by atoms with Gasteiger partial charge in [0.15, 0.2) is 0 Å². The average molecular weight is 347 g/mol. The second-order valence-electron chi connectivity index (χ2n) is 5.79. The van der Waals surface area contributed by atoms with Gasteiger partial charge in [-0.2, -0.15) is 0 Å². The van der Waals surface area contributed by atoms with Gasteiger partial charge in [-0.3, -0.25) is 4.79 Å². The first-order valence-corrected chi connectivity index (χ1v) is 8.59. The lowest BCUT2D eigenvalue weighted by atomic mass is 10.3. The molecule has 0 aliphatic heterocycles. The minimum Gasteiger partial charge on any atom is -0.457 e. The molecular formula is C21H21N3O2. The van der Waals surface area contributed by atoms with Crippen molar-refractivity contribution in [3.8, 4) is 11.5 Å². The van der Waals surface area contributed by atoms with Crippen molar-refractivity contribution >= 4 is 23.1 Å². The van der Waals surface area contributed by atoms with Crippen LogP contribution in [0.1, 0.15) is 19.8 Å². The maximum atomic E-state index is 11.6. The Hall–Kier alpha value is -3.34. The van der Waals surface area contributed by atoms with Crippen molar-refractivity contribution in [2.24, 2.45) is 0 Å². The van der Waals surface area contributed by atoms with Gasteiger partial charge in [0.25, 0.3) is 0 Å². The van der Waals surface area contributed by atoms with Crippen LogP contribution < -0.4 is 15.4 Å². The summed E-state index contributed by atoms with van der Waals surface area (Å²) in [7, 11) is 0. The molecule has 0 fully saturated rings. The second-order valence-corrected chi connectivity index (χ2v) is 5.79. The smallest absolute Gasteiger partial charge is 0.224 e. The summed E-state index contributed by atoms with van der Waals surface area (Å²) in [6.07, 6.45) is 2.98. The van der Waals surface area contributed by atoms with E-state index in [1.807, 2.05) is 73.7 Å². The van der Waals surface area contributed by atoms with Crippen LogP contribution >= 0.6 is 0 Å². The number of nitrogens with zero attached hydrogens (tertiary/aromatic N) is 1. The zero-order valence-electron chi connectivity index (χ0n) is 14.6. The average Bonchev–Trinajstić information content (AvgIpc) is 2.66. The third kappa shape index (κ3) is 5.08. The molecule has 0 saturated heterocycles. The van der Waals surface area contributed by atoms with Crippen LogP contribution in [0, 0.1) is 0 Å². The number of carbonyl (C=O) groups excluding carboxylic acids is 1. The molecule has 0 saturated carbocycles. The fourth-order valence-electron chi connectivity index (χ4n) is 2.37. The first kappa shape index (κ1) is 17.5. The molecule has 1 heterocycles. The minimum absolute atomic E-state index is 0.00372.